The predicted molar refractivity (Wildman–Crippen MR) is 103 cm³/mol. The zero-order valence-electron chi connectivity index (χ0n) is 15.2. The molecule has 0 aromatic heterocycles. The lowest BCUT2D eigenvalue weighted by Crippen LogP contribution is -2.47. The number of piperazine rings is 1. The topological polar surface area (TPSA) is 30.0 Å². The van der Waals surface area contributed by atoms with Crippen LogP contribution < -0.4 is 4.90 Å². The highest BCUT2D eigenvalue weighted by Crippen LogP contribution is 2.32. The molecule has 1 N–H and O–H groups in total. The molecule has 25 heavy (non-hydrogen) atoms. The van der Waals surface area contributed by atoms with Gasteiger partial charge in [-0.3, -0.25) is 4.90 Å². The summed E-state index contributed by atoms with van der Waals surface area (Å²) in [7, 11) is 0. The molecule has 2 aliphatic heterocycles. The molecule has 0 radical (unpaired) electrons. The fraction of sp³-hybridized carbons (Fsp3) is 0.619. The van der Waals surface area contributed by atoms with Crippen molar-refractivity contribution in [3.63, 3.8) is 0 Å². The maximum Gasteiger partial charge on any atom is 0.138 e. The van der Waals surface area contributed by atoms with Crippen molar-refractivity contribution in [2.45, 2.75) is 19.3 Å². The van der Waals surface area contributed by atoms with Gasteiger partial charge in [-0.2, -0.15) is 0 Å². The first-order chi connectivity index (χ1) is 12.3. The normalized spacial score (nSPS) is 27.6. The van der Waals surface area contributed by atoms with Crippen LogP contribution in [0.15, 0.2) is 36.4 Å². The van der Waals surface area contributed by atoms with Crippen LogP contribution >= 0.6 is 0 Å². The number of benzene rings is 1. The van der Waals surface area contributed by atoms with Crippen LogP contribution in [0.25, 0.3) is 0 Å². The third-order valence-corrected chi connectivity index (χ3v) is 6.24. The Morgan fingerprint density at radius 1 is 0.840 bits per heavy atom. The van der Waals surface area contributed by atoms with Gasteiger partial charge in [-0.15, -0.1) is 0 Å². The molecule has 1 aromatic rings. The van der Waals surface area contributed by atoms with E-state index in [4.69, 9.17) is 0 Å². The first-order valence-electron chi connectivity index (χ1n) is 9.92. The number of para-hydroxylation sites is 2. The van der Waals surface area contributed by atoms with Crippen molar-refractivity contribution < 1.29 is 5.11 Å². The number of anilines is 1. The summed E-state index contributed by atoms with van der Waals surface area (Å²) < 4.78 is 0. The molecule has 2 heterocycles. The standard InChI is InChI=1S/C21H31N3O/c25-21-9-4-3-8-20(21)24-14-12-22(13-15-24)10-5-11-23-16-18-6-1-2-7-19(18)17-23/h1-4,8-9,18-19,25H,5-7,10-17H2. The minimum absolute atomic E-state index is 0.404. The lowest BCUT2D eigenvalue weighted by atomic mass is 9.86. The van der Waals surface area contributed by atoms with E-state index in [1.54, 1.807) is 6.07 Å². The molecule has 4 rings (SSSR count). The van der Waals surface area contributed by atoms with Gasteiger partial charge in [-0.25, -0.2) is 0 Å². The average molecular weight is 341 g/mol. The molecule has 4 nitrogen and oxygen atoms in total. The van der Waals surface area contributed by atoms with E-state index in [1.807, 2.05) is 18.2 Å². The monoisotopic (exact) mass is 341 g/mol. The van der Waals surface area contributed by atoms with Crippen molar-refractivity contribution in [2.75, 3.05) is 57.3 Å². The number of hydrogen-bond donors (Lipinski definition) is 1. The number of aromatic hydroxyl groups is 1. The van der Waals surface area contributed by atoms with Gasteiger partial charge in [-0.05, 0) is 56.3 Å². The van der Waals surface area contributed by atoms with Crippen LogP contribution in [-0.2, 0) is 0 Å². The quantitative estimate of drug-likeness (QED) is 0.834. The van der Waals surface area contributed by atoms with Gasteiger partial charge >= 0.3 is 0 Å². The van der Waals surface area contributed by atoms with Gasteiger partial charge in [0, 0.05) is 39.3 Å². The van der Waals surface area contributed by atoms with Crippen molar-refractivity contribution in [2.24, 2.45) is 11.8 Å². The molecular formula is C21H31N3O. The molecule has 2 unspecified atom stereocenters. The third kappa shape index (κ3) is 4.01. The number of nitrogens with zero attached hydrogens (tertiary/aromatic N) is 3. The summed E-state index contributed by atoms with van der Waals surface area (Å²) in [4.78, 5) is 7.59. The molecule has 136 valence electrons. The largest absolute Gasteiger partial charge is 0.506 e. The van der Waals surface area contributed by atoms with Gasteiger partial charge in [0.25, 0.3) is 0 Å². The van der Waals surface area contributed by atoms with E-state index in [-0.39, 0.29) is 0 Å². The van der Waals surface area contributed by atoms with E-state index in [0.29, 0.717) is 5.75 Å². The average Bonchev–Trinajstić information content (AvgIpc) is 3.06. The fourth-order valence-electron chi connectivity index (χ4n) is 4.76. The Morgan fingerprint density at radius 3 is 2.16 bits per heavy atom. The van der Waals surface area contributed by atoms with Gasteiger partial charge < -0.3 is 14.9 Å². The van der Waals surface area contributed by atoms with Gasteiger partial charge in [-0.1, -0.05) is 24.3 Å². The van der Waals surface area contributed by atoms with Crippen LogP contribution in [-0.4, -0.2) is 67.3 Å². The number of phenolic OH excluding ortho intramolecular Hbond substituents is 1. The SMILES string of the molecule is Oc1ccccc1N1CCN(CCCN2CC3CC=CCC3C2)CC1. The zero-order chi connectivity index (χ0) is 17.1. The predicted octanol–water partition coefficient (Wildman–Crippen LogP) is 2.80. The fourth-order valence-corrected chi connectivity index (χ4v) is 4.76. The molecular weight excluding hydrogens is 310 g/mol. The van der Waals surface area contributed by atoms with Crippen LogP contribution in [0.2, 0.25) is 0 Å². The molecule has 3 aliphatic rings. The summed E-state index contributed by atoms with van der Waals surface area (Å²) in [6, 6.07) is 7.70. The maximum absolute atomic E-state index is 10.0. The van der Waals surface area contributed by atoms with E-state index in [9.17, 15) is 5.11 Å². The maximum atomic E-state index is 10.0. The molecule has 0 saturated carbocycles. The summed E-state index contributed by atoms with van der Waals surface area (Å²) in [6.07, 6.45) is 8.65. The van der Waals surface area contributed by atoms with E-state index in [0.717, 1.165) is 43.7 Å². The van der Waals surface area contributed by atoms with E-state index in [2.05, 4.69) is 26.9 Å². The number of rotatable bonds is 5. The van der Waals surface area contributed by atoms with Crippen LogP contribution in [0.3, 0.4) is 0 Å². The summed E-state index contributed by atoms with van der Waals surface area (Å²) >= 11 is 0. The Hall–Kier alpha value is -1.52. The second-order valence-electron chi connectivity index (χ2n) is 7.89. The number of allylic oxidation sites excluding steroid dienone is 2. The summed E-state index contributed by atoms with van der Waals surface area (Å²) in [5, 5.41) is 10.0. The first kappa shape index (κ1) is 16.9. The number of fused-ring (bicyclic) bond motifs is 1. The number of phenols is 1. The molecule has 0 spiro atoms. The highest BCUT2D eigenvalue weighted by atomic mass is 16.3. The Bertz CT molecular complexity index is 579. The molecule has 1 aromatic carbocycles. The van der Waals surface area contributed by atoms with Crippen LogP contribution in [0.5, 0.6) is 5.75 Å². The van der Waals surface area contributed by atoms with E-state index < -0.39 is 0 Å². The summed E-state index contributed by atoms with van der Waals surface area (Å²) in [5.74, 6) is 2.25. The van der Waals surface area contributed by atoms with Gasteiger partial charge in [0.1, 0.15) is 5.75 Å². The van der Waals surface area contributed by atoms with Crippen LogP contribution in [0.1, 0.15) is 19.3 Å². The van der Waals surface area contributed by atoms with Crippen molar-refractivity contribution in [3.8, 4) is 5.75 Å². The lowest BCUT2D eigenvalue weighted by molar-refractivity contribution is 0.231. The molecule has 4 heteroatoms. The van der Waals surface area contributed by atoms with Crippen molar-refractivity contribution in [1.29, 1.82) is 0 Å². The Morgan fingerprint density at radius 2 is 1.48 bits per heavy atom. The molecule has 0 amide bonds. The van der Waals surface area contributed by atoms with Crippen LogP contribution in [0, 0.1) is 11.8 Å². The Labute approximate surface area is 151 Å². The Balaban J connectivity index is 1.17. The van der Waals surface area contributed by atoms with Crippen molar-refractivity contribution in [3.05, 3.63) is 36.4 Å². The molecule has 2 saturated heterocycles. The summed E-state index contributed by atoms with van der Waals surface area (Å²) in [5.41, 5.74) is 0.982. The molecule has 1 aliphatic carbocycles. The number of hydrogen-bond acceptors (Lipinski definition) is 4. The Kier molecular flexibility index (Phi) is 5.28. The second kappa shape index (κ2) is 7.79. The number of likely N-dealkylation sites (tertiary alicyclic amines) is 1. The van der Waals surface area contributed by atoms with Gasteiger partial charge in [0.05, 0.1) is 5.69 Å². The molecule has 2 atom stereocenters. The van der Waals surface area contributed by atoms with E-state index in [1.165, 1.54) is 45.4 Å². The van der Waals surface area contributed by atoms with Crippen LogP contribution in [0.4, 0.5) is 5.69 Å². The summed E-state index contributed by atoms with van der Waals surface area (Å²) in [6.45, 7) is 9.32. The van der Waals surface area contributed by atoms with Crippen molar-refractivity contribution in [1.82, 2.24) is 9.80 Å². The lowest BCUT2D eigenvalue weighted by Gasteiger charge is -2.36. The molecule has 0 bridgehead atoms. The second-order valence-corrected chi connectivity index (χ2v) is 7.89. The smallest absolute Gasteiger partial charge is 0.138 e. The third-order valence-electron chi connectivity index (χ3n) is 6.24. The van der Waals surface area contributed by atoms with Crippen molar-refractivity contribution >= 4 is 5.69 Å². The van der Waals surface area contributed by atoms with Gasteiger partial charge in [0.2, 0.25) is 0 Å². The van der Waals surface area contributed by atoms with E-state index >= 15 is 0 Å². The minimum atomic E-state index is 0.404. The minimum Gasteiger partial charge on any atom is -0.506 e. The van der Waals surface area contributed by atoms with Gasteiger partial charge in [0.15, 0.2) is 0 Å². The zero-order valence-corrected chi connectivity index (χ0v) is 15.2. The first-order valence-corrected chi connectivity index (χ1v) is 9.92. The highest BCUT2D eigenvalue weighted by molar-refractivity contribution is 5.57. The molecule has 2 fully saturated rings. The highest BCUT2D eigenvalue weighted by Gasteiger charge is 2.32.